The van der Waals surface area contributed by atoms with E-state index in [0.29, 0.717) is 31.7 Å². The van der Waals surface area contributed by atoms with Crippen molar-refractivity contribution in [2.45, 2.75) is 32.0 Å². The number of hydrogen-bond acceptors (Lipinski definition) is 7. The van der Waals surface area contributed by atoms with E-state index in [1.54, 1.807) is 4.90 Å². The molecule has 3 rings (SSSR count). The molecular weight excluding hydrogens is 457 g/mol. The van der Waals surface area contributed by atoms with E-state index in [4.69, 9.17) is 4.18 Å². The van der Waals surface area contributed by atoms with Crippen molar-refractivity contribution in [2.75, 3.05) is 25.5 Å². The highest BCUT2D eigenvalue weighted by molar-refractivity contribution is 7.92. The Labute approximate surface area is 189 Å². The Morgan fingerprint density at radius 3 is 2.68 bits per heavy atom. The summed E-state index contributed by atoms with van der Waals surface area (Å²) < 4.78 is 53.5. The minimum absolute atomic E-state index is 0. The molecule has 14 heteroatoms. The van der Waals surface area contributed by atoms with Crippen LogP contribution in [0.3, 0.4) is 0 Å². The van der Waals surface area contributed by atoms with Crippen molar-refractivity contribution in [3.8, 4) is 5.88 Å². The topological polar surface area (TPSA) is 88.7 Å². The normalized spacial score (nSPS) is 16.8. The number of amides is 2. The molecule has 0 radical (unpaired) electrons. The van der Waals surface area contributed by atoms with E-state index in [2.05, 4.69) is 20.1 Å². The maximum atomic E-state index is 15.5. The molecule has 1 N–H and O–H groups in total. The number of alkyl halides is 3. The SMILES string of the molecule is CN(SOc1cc(C(F)F)nn1C)C(C)(F)C1CCN(C(=O)Nc2ccon2)CC1.S. The van der Waals surface area contributed by atoms with Crippen molar-refractivity contribution in [1.29, 1.82) is 0 Å². The zero-order valence-electron chi connectivity index (χ0n) is 17.2. The summed E-state index contributed by atoms with van der Waals surface area (Å²) in [6, 6.07) is 2.33. The summed E-state index contributed by atoms with van der Waals surface area (Å²) in [5.74, 6) is -1.69. The average Bonchev–Trinajstić information content (AvgIpc) is 3.35. The van der Waals surface area contributed by atoms with Crippen LogP contribution in [-0.2, 0) is 7.05 Å². The van der Waals surface area contributed by atoms with Crippen LogP contribution < -0.4 is 9.50 Å². The third-order valence-corrected chi connectivity index (χ3v) is 5.96. The van der Waals surface area contributed by atoms with Crippen molar-refractivity contribution in [2.24, 2.45) is 13.0 Å². The Balaban J connectivity index is 0.00000341. The lowest BCUT2D eigenvalue weighted by Crippen LogP contribution is -2.49. The van der Waals surface area contributed by atoms with Crippen LogP contribution in [0.5, 0.6) is 5.88 Å². The molecule has 2 aromatic heterocycles. The molecule has 1 aliphatic rings. The fourth-order valence-electron chi connectivity index (χ4n) is 3.16. The predicted molar refractivity (Wildman–Crippen MR) is 114 cm³/mol. The van der Waals surface area contributed by atoms with Gasteiger partial charge in [-0.25, -0.2) is 22.6 Å². The maximum absolute atomic E-state index is 15.5. The lowest BCUT2D eigenvalue weighted by molar-refractivity contribution is -0.0195. The lowest BCUT2D eigenvalue weighted by Gasteiger charge is -2.41. The van der Waals surface area contributed by atoms with Gasteiger partial charge in [-0.2, -0.15) is 22.9 Å². The van der Waals surface area contributed by atoms with Crippen LogP contribution in [0.1, 0.15) is 31.9 Å². The van der Waals surface area contributed by atoms with Crippen molar-refractivity contribution in [1.82, 2.24) is 24.1 Å². The molecule has 0 aliphatic carbocycles. The number of urea groups is 1. The van der Waals surface area contributed by atoms with E-state index in [0.717, 1.165) is 18.3 Å². The van der Waals surface area contributed by atoms with Gasteiger partial charge in [0.15, 0.2) is 23.8 Å². The fraction of sp³-hybridized carbons (Fsp3) is 0.588. The quantitative estimate of drug-likeness (QED) is 0.363. The first-order valence-electron chi connectivity index (χ1n) is 9.24. The zero-order valence-corrected chi connectivity index (χ0v) is 19.0. The van der Waals surface area contributed by atoms with Gasteiger partial charge in [-0.3, -0.25) is 5.32 Å². The molecule has 1 unspecified atom stereocenters. The third-order valence-electron chi connectivity index (χ3n) is 5.13. The summed E-state index contributed by atoms with van der Waals surface area (Å²) in [5.41, 5.74) is -0.407. The summed E-state index contributed by atoms with van der Waals surface area (Å²) in [5, 5.41) is 9.89. The van der Waals surface area contributed by atoms with E-state index in [-0.39, 0.29) is 31.3 Å². The highest BCUT2D eigenvalue weighted by Crippen LogP contribution is 2.38. The van der Waals surface area contributed by atoms with Gasteiger partial charge in [-0.1, -0.05) is 5.16 Å². The van der Waals surface area contributed by atoms with E-state index in [1.165, 1.54) is 42.3 Å². The van der Waals surface area contributed by atoms with Crippen LogP contribution in [-0.4, -0.2) is 56.1 Å². The first-order chi connectivity index (χ1) is 14.2. The molecular formula is C17H25F3N6O3S2. The standard InChI is InChI=1S/C17H23F3N6O3S.H2S/c1-17(20,25(3)30-29-14-10-12(15(18)19)22-24(14)2)11-4-7-26(8-5-11)16(27)21-13-6-9-28-23-13;/h6,9-11,15H,4-5,7-8H2,1-3H3,(H,21,23,27);1H2. The molecule has 2 aromatic rings. The molecule has 3 heterocycles. The van der Waals surface area contributed by atoms with E-state index >= 15 is 4.39 Å². The first kappa shape index (κ1) is 25.2. The summed E-state index contributed by atoms with van der Waals surface area (Å²) in [7, 11) is 2.99. The number of aryl methyl sites for hydroxylation is 1. The van der Waals surface area contributed by atoms with Gasteiger partial charge < -0.3 is 13.6 Å². The van der Waals surface area contributed by atoms with Crippen molar-refractivity contribution >= 4 is 37.6 Å². The zero-order chi connectivity index (χ0) is 21.9. The van der Waals surface area contributed by atoms with Crippen LogP contribution in [0.15, 0.2) is 22.9 Å². The molecule has 1 aliphatic heterocycles. The van der Waals surface area contributed by atoms with Crippen molar-refractivity contribution in [3.63, 3.8) is 0 Å². The smallest absolute Gasteiger partial charge is 0.323 e. The number of halogens is 3. The van der Waals surface area contributed by atoms with Gasteiger partial charge in [-0.05, 0) is 19.8 Å². The molecule has 0 saturated carbocycles. The highest BCUT2D eigenvalue weighted by Gasteiger charge is 2.42. The van der Waals surface area contributed by atoms with E-state index < -0.39 is 17.9 Å². The summed E-state index contributed by atoms with van der Waals surface area (Å²) in [4.78, 5) is 13.8. The molecule has 0 bridgehead atoms. The van der Waals surface area contributed by atoms with Gasteiger partial charge in [0.2, 0.25) is 5.88 Å². The Morgan fingerprint density at radius 2 is 2.13 bits per heavy atom. The van der Waals surface area contributed by atoms with Crippen molar-refractivity contribution in [3.05, 3.63) is 24.1 Å². The predicted octanol–water partition coefficient (Wildman–Crippen LogP) is 3.96. The average molecular weight is 483 g/mol. The Kier molecular flexibility index (Phi) is 8.54. The Hall–Kier alpha value is -2.06. The van der Waals surface area contributed by atoms with Gasteiger partial charge in [0, 0.05) is 45.2 Å². The van der Waals surface area contributed by atoms with Crippen molar-refractivity contribution < 1.29 is 26.7 Å². The number of piperidine rings is 1. The highest BCUT2D eigenvalue weighted by atomic mass is 32.2. The van der Waals surface area contributed by atoms with Crippen LogP contribution in [0.2, 0.25) is 0 Å². The number of carbonyl (C=O) groups excluding carboxylic acids is 1. The molecule has 0 spiro atoms. The number of carbonyl (C=O) groups is 1. The number of likely N-dealkylation sites (tertiary alicyclic amines) is 1. The van der Waals surface area contributed by atoms with Crippen LogP contribution in [0.4, 0.5) is 23.8 Å². The summed E-state index contributed by atoms with van der Waals surface area (Å²) >= 11 is 0.720. The molecule has 1 fully saturated rings. The van der Waals surface area contributed by atoms with Gasteiger partial charge in [0.05, 0.1) is 0 Å². The third kappa shape index (κ3) is 6.01. The van der Waals surface area contributed by atoms with Gasteiger partial charge in [-0.15, -0.1) is 0 Å². The molecule has 9 nitrogen and oxygen atoms in total. The van der Waals surface area contributed by atoms with Gasteiger partial charge in [0.1, 0.15) is 12.0 Å². The fourth-order valence-corrected chi connectivity index (χ4v) is 3.79. The first-order valence-corrected chi connectivity index (χ1v) is 9.94. The number of nitrogens with zero attached hydrogens (tertiary/aromatic N) is 5. The number of anilines is 1. The van der Waals surface area contributed by atoms with Gasteiger partial charge >= 0.3 is 6.03 Å². The second-order valence-corrected chi connectivity index (χ2v) is 7.95. The number of aromatic nitrogens is 3. The number of nitrogens with one attached hydrogen (secondary N) is 1. The van der Waals surface area contributed by atoms with Crippen LogP contribution >= 0.6 is 25.7 Å². The number of rotatable bonds is 7. The molecule has 1 atom stereocenters. The minimum Gasteiger partial charge on any atom is -0.390 e. The van der Waals surface area contributed by atoms with E-state index in [9.17, 15) is 13.6 Å². The lowest BCUT2D eigenvalue weighted by atomic mass is 9.88. The van der Waals surface area contributed by atoms with E-state index in [1.807, 2.05) is 0 Å². The Morgan fingerprint density at radius 1 is 1.45 bits per heavy atom. The van der Waals surface area contributed by atoms with Crippen LogP contribution in [0, 0.1) is 5.92 Å². The second-order valence-electron chi connectivity index (χ2n) is 7.09. The monoisotopic (exact) mass is 482 g/mol. The number of hydrogen-bond donors (Lipinski definition) is 1. The van der Waals surface area contributed by atoms with Crippen LogP contribution in [0.25, 0.3) is 0 Å². The summed E-state index contributed by atoms with van der Waals surface area (Å²) in [6.45, 7) is 2.20. The molecule has 174 valence electrons. The largest absolute Gasteiger partial charge is 0.390 e. The minimum atomic E-state index is -2.71. The molecule has 0 aromatic carbocycles. The molecule has 31 heavy (non-hydrogen) atoms. The van der Waals surface area contributed by atoms with Gasteiger partial charge in [0.25, 0.3) is 6.43 Å². The maximum Gasteiger partial charge on any atom is 0.323 e. The molecule has 2 amide bonds. The summed E-state index contributed by atoms with van der Waals surface area (Å²) in [6.07, 6.45) is -0.461. The second kappa shape index (κ2) is 10.5. The molecule has 1 saturated heterocycles. The Bertz CT molecular complexity index is 844.